The fourth-order valence-electron chi connectivity index (χ4n) is 2.90. The number of benzene rings is 2. The lowest BCUT2D eigenvalue weighted by atomic mass is 10.1. The van der Waals surface area contributed by atoms with Gasteiger partial charge in [0.1, 0.15) is 11.8 Å². The number of anilines is 2. The topological polar surface area (TPSA) is 58.6 Å². The van der Waals surface area contributed by atoms with E-state index in [1.54, 1.807) is 30.3 Å². The Morgan fingerprint density at radius 3 is 2.71 bits per heavy atom. The third-order valence-corrected chi connectivity index (χ3v) is 5.16. The number of carbonyl (C=O) groups excluding carboxylic acids is 2. The normalized spacial score (nSPS) is 16.8. The summed E-state index contributed by atoms with van der Waals surface area (Å²) in [5.74, 6) is -1.16. The van der Waals surface area contributed by atoms with Gasteiger partial charge in [0.05, 0.1) is 30.7 Å². The molecule has 9 heteroatoms. The number of ether oxygens (including phenoxy) is 1. The van der Waals surface area contributed by atoms with Gasteiger partial charge in [-0.1, -0.05) is 18.2 Å². The molecule has 1 heterocycles. The summed E-state index contributed by atoms with van der Waals surface area (Å²) in [6.45, 7) is 0. The van der Waals surface area contributed by atoms with Gasteiger partial charge in [-0.05, 0) is 30.3 Å². The standard InChI is InChI=1S/C19H17F3N2O3S/c1-27-12-5-4-6-13(9-12)28-11-18(26)24-15-8-3-2-7-14(15)23-17(25)10-16(24)19(20,21)22/h2-9,16H,10-11H2,1H3,(H,23,25)/t16-/m1/s1. The number of halogens is 3. The lowest BCUT2D eigenvalue weighted by Crippen LogP contribution is -2.50. The number of rotatable bonds is 4. The van der Waals surface area contributed by atoms with Gasteiger partial charge in [0, 0.05) is 4.90 Å². The number of amides is 2. The SMILES string of the molecule is COc1cccc(SCC(=O)N2c3ccccc3NC(=O)C[C@@H]2C(F)(F)F)c1. The number of alkyl halides is 3. The highest BCUT2D eigenvalue weighted by atomic mass is 32.2. The Kier molecular flexibility index (Phi) is 5.83. The zero-order valence-electron chi connectivity index (χ0n) is 14.8. The predicted molar refractivity (Wildman–Crippen MR) is 101 cm³/mol. The van der Waals surface area contributed by atoms with Gasteiger partial charge in [-0.15, -0.1) is 11.8 Å². The van der Waals surface area contributed by atoms with Crippen LogP contribution >= 0.6 is 11.8 Å². The summed E-state index contributed by atoms with van der Waals surface area (Å²) in [6, 6.07) is 10.6. The quantitative estimate of drug-likeness (QED) is 0.772. The maximum Gasteiger partial charge on any atom is 0.409 e. The Bertz CT molecular complexity index is 889. The number of nitrogens with one attached hydrogen (secondary N) is 1. The summed E-state index contributed by atoms with van der Waals surface area (Å²) in [5, 5.41) is 2.44. The van der Waals surface area contributed by atoms with Gasteiger partial charge in [0.2, 0.25) is 11.8 Å². The Hall–Kier alpha value is -2.68. The fraction of sp³-hybridized carbons (Fsp3) is 0.263. The number of hydrogen-bond acceptors (Lipinski definition) is 4. The number of carbonyl (C=O) groups is 2. The van der Waals surface area contributed by atoms with Crippen LogP contribution in [0.3, 0.4) is 0 Å². The second kappa shape index (κ2) is 8.14. The summed E-state index contributed by atoms with van der Waals surface area (Å²) in [4.78, 5) is 26.2. The summed E-state index contributed by atoms with van der Waals surface area (Å²) >= 11 is 1.10. The number of para-hydroxylation sites is 2. The molecule has 2 amide bonds. The van der Waals surface area contributed by atoms with Gasteiger partial charge in [0.15, 0.2) is 0 Å². The van der Waals surface area contributed by atoms with Gasteiger partial charge in [-0.3, -0.25) is 14.5 Å². The second-order valence-corrected chi connectivity index (χ2v) is 7.11. The molecule has 148 valence electrons. The van der Waals surface area contributed by atoms with Crippen LogP contribution < -0.4 is 15.0 Å². The van der Waals surface area contributed by atoms with Crippen LogP contribution in [0.1, 0.15) is 6.42 Å². The van der Waals surface area contributed by atoms with E-state index in [4.69, 9.17) is 4.74 Å². The van der Waals surface area contributed by atoms with Crippen LogP contribution in [0.5, 0.6) is 5.75 Å². The van der Waals surface area contributed by atoms with Crippen LogP contribution in [0.15, 0.2) is 53.4 Å². The van der Waals surface area contributed by atoms with E-state index in [1.807, 2.05) is 0 Å². The molecule has 0 aliphatic carbocycles. The summed E-state index contributed by atoms with van der Waals surface area (Å²) < 4.78 is 46.1. The molecule has 2 aromatic carbocycles. The Balaban J connectivity index is 1.90. The molecule has 5 nitrogen and oxygen atoms in total. The minimum atomic E-state index is -4.74. The van der Waals surface area contributed by atoms with Crippen molar-refractivity contribution in [3.8, 4) is 5.75 Å². The van der Waals surface area contributed by atoms with Crippen molar-refractivity contribution in [3.63, 3.8) is 0 Å². The maximum atomic E-state index is 13.7. The molecule has 0 bridgehead atoms. The molecule has 0 spiro atoms. The van der Waals surface area contributed by atoms with Gasteiger partial charge in [-0.25, -0.2) is 0 Å². The van der Waals surface area contributed by atoms with E-state index in [2.05, 4.69) is 5.32 Å². The van der Waals surface area contributed by atoms with Crippen LogP contribution in [-0.2, 0) is 9.59 Å². The van der Waals surface area contributed by atoms with Gasteiger partial charge >= 0.3 is 6.18 Å². The predicted octanol–water partition coefficient (Wildman–Crippen LogP) is 4.09. The van der Waals surface area contributed by atoms with Crippen LogP contribution in [0.4, 0.5) is 24.5 Å². The molecule has 0 aromatic heterocycles. The van der Waals surface area contributed by atoms with Crippen molar-refractivity contribution < 1.29 is 27.5 Å². The fourth-order valence-corrected chi connectivity index (χ4v) is 3.70. The first-order chi connectivity index (χ1) is 13.3. The van der Waals surface area contributed by atoms with E-state index >= 15 is 0 Å². The van der Waals surface area contributed by atoms with Crippen LogP contribution in [0, 0.1) is 0 Å². The molecule has 0 fully saturated rings. The van der Waals surface area contributed by atoms with Crippen molar-refractivity contribution in [3.05, 3.63) is 48.5 Å². The number of methoxy groups -OCH3 is 1. The minimum Gasteiger partial charge on any atom is -0.497 e. The van der Waals surface area contributed by atoms with Crippen molar-refractivity contribution in [2.45, 2.75) is 23.5 Å². The summed E-state index contributed by atoms with van der Waals surface area (Å²) in [6.07, 6.45) is -5.60. The van der Waals surface area contributed by atoms with Crippen LogP contribution in [0.25, 0.3) is 0 Å². The first-order valence-corrected chi connectivity index (χ1v) is 9.32. The molecule has 0 unspecified atom stereocenters. The number of thioether (sulfide) groups is 1. The van der Waals surface area contributed by atoms with Gasteiger partial charge < -0.3 is 10.1 Å². The monoisotopic (exact) mass is 410 g/mol. The molecule has 2 aromatic rings. The smallest absolute Gasteiger partial charge is 0.409 e. The van der Waals surface area contributed by atoms with Crippen molar-refractivity contribution in [1.82, 2.24) is 0 Å². The molecule has 1 N–H and O–H groups in total. The highest BCUT2D eigenvalue weighted by Gasteiger charge is 2.48. The average Bonchev–Trinajstić information content (AvgIpc) is 2.82. The molecule has 1 aliphatic rings. The zero-order chi connectivity index (χ0) is 20.3. The number of fused-ring (bicyclic) bond motifs is 1. The highest BCUT2D eigenvalue weighted by molar-refractivity contribution is 8.00. The Morgan fingerprint density at radius 1 is 1.25 bits per heavy atom. The van der Waals surface area contributed by atoms with E-state index in [0.717, 1.165) is 11.8 Å². The number of nitrogens with zero attached hydrogens (tertiary/aromatic N) is 1. The molecule has 1 atom stereocenters. The van der Waals surface area contributed by atoms with E-state index in [0.29, 0.717) is 15.5 Å². The molecular weight excluding hydrogens is 393 g/mol. The van der Waals surface area contributed by atoms with E-state index in [1.165, 1.54) is 25.3 Å². The largest absolute Gasteiger partial charge is 0.497 e. The minimum absolute atomic E-state index is 0.0342. The molecule has 28 heavy (non-hydrogen) atoms. The number of hydrogen-bond donors (Lipinski definition) is 1. The lowest BCUT2D eigenvalue weighted by molar-refractivity contribution is -0.157. The van der Waals surface area contributed by atoms with Gasteiger partial charge in [-0.2, -0.15) is 13.2 Å². The average molecular weight is 410 g/mol. The second-order valence-electron chi connectivity index (χ2n) is 6.06. The lowest BCUT2D eigenvalue weighted by Gasteiger charge is -2.31. The van der Waals surface area contributed by atoms with Crippen molar-refractivity contribution in [2.75, 3.05) is 23.1 Å². The third-order valence-electron chi connectivity index (χ3n) is 4.18. The van der Waals surface area contributed by atoms with E-state index < -0.39 is 30.5 Å². The summed E-state index contributed by atoms with van der Waals surface area (Å²) in [5.41, 5.74) is 0.214. The van der Waals surface area contributed by atoms with Crippen LogP contribution in [0.2, 0.25) is 0 Å². The maximum absolute atomic E-state index is 13.7. The molecule has 0 radical (unpaired) electrons. The first-order valence-electron chi connectivity index (χ1n) is 8.34. The Labute approximate surface area is 163 Å². The molecule has 3 rings (SSSR count). The Morgan fingerprint density at radius 2 is 2.00 bits per heavy atom. The van der Waals surface area contributed by atoms with Crippen molar-refractivity contribution in [1.29, 1.82) is 0 Å². The van der Waals surface area contributed by atoms with Crippen molar-refractivity contribution >= 4 is 35.0 Å². The van der Waals surface area contributed by atoms with Gasteiger partial charge in [0.25, 0.3) is 0 Å². The first kappa shape index (κ1) is 20.1. The molecule has 0 saturated heterocycles. The van der Waals surface area contributed by atoms with Crippen molar-refractivity contribution in [2.24, 2.45) is 0 Å². The van der Waals surface area contributed by atoms with Crippen LogP contribution in [-0.4, -0.2) is 36.9 Å². The molecule has 0 saturated carbocycles. The molecule has 1 aliphatic heterocycles. The summed E-state index contributed by atoms with van der Waals surface area (Å²) in [7, 11) is 1.50. The van der Waals surface area contributed by atoms with E-state index in [-0.39, 0.29) is 17.1 Å². The van der Waals surface area contributed by atoms with E-state index in [9.17, 15) is 22.8 Å². The highest BCUT2D eigenvalue weighted by Crippen LogP contribution is 2.38. The zero-order valence-corrected chi connectivity index (χ0v) is 15.6. The molecular formula is C19H17F3N2O3S. The third kappa shape index (κ3) is 4.41.